The fraction of sp³-hybridized carbons (Fsp3) is 0.409. The molecule has 0 bridgehead atoms. The number of carbonyl (C=O) groups excluding carboxylic acids is 1. The van der Waals surface area contributed by atoms with Crippen molar-refractivity contribution >= 4 is 15.9 Å². The number of nitrogens with zero attached hydrogens (tertiary/aromatic N) is 2. The summed E-state index contributed by atoms with van der Waals surface area (Å²) in [4.78, 5) is 14.7. The highest BCUT2D eigenvalue weighted by atomic mass is 32.2. The zero-order chi connectivity index (χ0) is 22.3. The Kier molecular flexibility index (Phi) is 7.89. The van der Waals surface area contributed by atoms with E-state index in [1.165, 1.54) is 16.4 Å². The van der Waals surface area contributed by atoms with E-state index in [2.05, 4.69) is 5.32 Å². The Hall–Kier alpha value is -2.62. The maximum Gasteiger partial charge on any atom is 0.243 e. The highest BCUT2D eigenvalue weighted by Crippen LogP contribution is 2.23. The molecule has 9 heteroatoms. The van der Waals surface area contributed by atoms with Crippen molar-refractivity contribution in [1.29, 1.82) is 0 Å². The normalized spacial score (nSPS) is 14.5. The van der Waals surface area contributed by atoms with E-state index in [-0.39, 0.29) is 23.9 Å². The summed E-state index contributed by atoms with van der Waals surface area (Å²) in [7, 11) is -2.35. The molecule has 0 radical (unpaired) electrons. The molecule has 3 rings (SSSR count). The molecular weight excluding hydrogens is 418 g/mol. The van der Waals surface area contributed by atoms with Crippen LogP contribution in [0.15, 0.2) is 53.4 Å². The molecule has 1 saturated heterocycles. The molecule has 31 heavy (non-hydrogen) atoms. The molecule has 168 valence electrons. The minimum absolute atomic E-state index is 0.0601. The summed E-state index contributed by atoms with van der Waals surface area (Å²) in [5.74, 6) is 1.01. The van der Waals surface area contributed by atoms with Gasteiger partial charge in [-0.1, -0.05) is 12.1 Å². The van der Waals surface area contributed by atoms with Gasteiger partial charge < -0.3 is 19.7 Å². The number of hydrogen-bond acceptors (Lipinski definition) is 6. The topological polar surface area (TPSA) is 88.2 Å². The molecule has 1 amide bonds. The van der Waals surface area contributed by atoms with Crippen LogP contribution in [0.5, 0.6) is 11.5 Å². The third-order valence-corrected chi connectivity index (χ3v) is 6.85. The van der Waals surface area contributed by atoms with Gasteiger partial charge in [0.15, 0.2) is 0 Å². The molecule has 1 aliphatic heterocycles. The van der Waals surface area contributed by atoms with Gasteiger partial charge in [-0.05, 0) is 48.9 Å². The van der Waals surface area contributed by atoms with Crippen molar-refractivity contribution in [3.8, 4) is 11.5 Å². The van der Waals surface area contributed by atoms with Crippen molar-refractivity contribution in [3.63, 3.8) is 0 Å². The molecule has 0 saturated carbocycles. The van der Waals surface area contributed by atoms with Crippen LogP contribution < -0.4 is 14.8 Å². The maximum absolute atomic E-state index is 13.4. The van der Waals surface area contributed by atoms with E-state index in [0.29, 0.717) is 44.3 Å². The predicted molar refractivity (Wildman–Crippen MR) is 118 cm³/mol. The Balaban J connectivity index is 1.88. The van der Waals surface area contributed by atoms with Crippen molar-refractivity contribution in [2.75, 3.05) is 46.4 Å². The zero-order valence-electron chi connectivity index (χ0n) is 17.9. The molecule has 1 heterocycles. The van der Waals surface area contributed by atoms with Gasteiger partial charge in [0, 0.05) is 32.7 Å². The summed E-state index contributed by atoms with van der Waals surface area (Å²) in [5, 5.41) is 3.20. The number of hydrogen-bond donors (Lipinski definition) is 1. The van der Waals surface area contributed by atoms with E-state index in [0.717, 1.165) is 5.56 Å². The first kappa shape index (κ1) is 23.1. The lowest BCUT2D eigenvalue weighted by Gasteiger charge is -2.30. The monoisotopic (exact) mass is 447 g/mol. The Morgan fingerprint density at radius 1 is 1.10 bits per heavy atom. The number of sulfonamides is 1. The minimum Gasteiger partial charge on any atom is -0.497 e. The second-order valence-corrected chi connectivity index (χ2v) is 9.10. The fourth-order valence-electron chi connectivity index (χ4n) is 3.39. The van der Waals surface area contributed by atoms with Gasteiger partial charge in [-0.3, -0.25) is 4.79 Å². The van der Waals surface area contributed by atoms with Crippen LogP contribution in [0.4, 0.5) is 0 Å². The quantitative estimate of drug-likeness (QED) is 0.630. The van der Waals surface area contributed by atoms with Gasteiger partial charge in [-0.25, -0.2) is 8.42 Å². The summed E-state index contributed by atoms with van der Waals surface area (Å²) in [6, 6.07) is 13.4. The SMILES string of the molecule is CCOc1ccc(S(=O)(=O)N(CC(=O)N2CCNCC2)Cc2cccc(OC)c2)cc1. The molecule has 1 fully saturated rings. The van der Waals surface area contributed by atoms with Gasteiger partial charge in [-0.15, -0.1) is 0 Å². The lowest BCUT2D eigenvalue weighted by atomic mass is 10.2. The van der Waals surface area contributed by atoms with Gasteiger partial charge in [-0.2, -0.15) is 4.31 Å². The van der Waals surface area contributed by atoms with Gasteiger partial charge >= 0.3 is 0 Å². The minimum atomic E-state index is -3.91. The summed E-state index contributed by atoms with van der Waals surface area (Å²) >= 11 is 0. The van der Waals surface area contributed by atoms with Crippen LogP contribution in [0, 0.1) is 0 Å². The van der Waals surface area contributed by atoms with Crippen LogP contribution in [0.25, 0.3) is 0 Å². The van der Waals surface area contributed by atoms with E-state index in [9.17, 15) is 13.2 Å². The van der Waals surface area contributed by atoms with Gasteiger partial charge in [0.25, 0.3) is 0 Å². The van der Waals surface area contributed by atoms with E-state index in [4.69, 9.17) is 9.47 Å². The number of amides is 1. The van der Waals surface area contributed by atoms with Crippen molar-refractivity contribution in [1.82, 2.24) is 14.5 Å². The molecule has 1 aliphatic rings. The zero-order valence-corrected chi connectivity index (χ0v) is 18.7. The van der Waals surface area contributed by atoms with Crippen LogP contribution >= 0.6 is 0 Å². The third kappa shape index (κ3) is 5.96. The van der Waals surface area contributed by atoms with E-state index in [1.54, 1.807) is 42.3 Å². The highest BCUT2D eigenvalue weighted by Gasteiger charge is 2.29. The Labute approximate surface area is 183 Å². The Bertz CT molecular complexity index is 973. The molecule has 2 aromatic rings. The van der Waals surface area contributed by atoms with Crippen LogP contribution in [-0.4, -0.2) is 70.0 Å². The molecule has 0 unspecified atom stereocenters. The molecule has 8 nitrogen and oxygen atoms in total. The van der Waals surface area contributed by atoms with E-state index in [1.807, 2.05) is 13.0 Å². The van der Waals surface area contributed by atoms with Crippen LogP contribution in [-0.2, 0) is 21.4 Å². The number of carbonyl (C=O) groups is 1. The molecule has 2 aromatic carbocycles. The van der Waals surface area contributed by atoms with E-state index < -0.39 is 10.0 Å². The number of nitrogens with one attached hydrogen (secondary N) is 1. The summed E-state index contributed by atoms with van der Waals surface area (Å²) in [5.41, 5.74) is 0.738. The largest absolute Gasteiger partial charge is 0.497 e. The number of piperazine rings is 1. The third-order valence-electron chi connectivity index (χ3n) is 5.05. The standard InChI is InChI=1S/C22H29N3O5S/c1-3-30-19-7-9-21(10-8-19)31(27,28)25(16-18-5-4-6-20(15-18)29-2)17-22(26)24-13-11-23-12-14-24/h4-10,15,23H,3,11-14,16-17H2,1-2H3. The lowest BCUT2D eigenvalue weighted by Crippen LogP contribution is -2.50. The first-order chi connectivity index (χ1) is 14.9. The maximum atomic E-state index is 13.4. The summed E-state index contributed by atoms with van der Waals surface area (Å²) in [6.07, 6.45) is 0. The van der Waals surface area contributed by atoms with Crippen LogP contribution in [0.1, 0.15) is 12.5 Å². The second kappa shape index (κ2) is 10.6. The Morgan fingerprint density at radius 2 is 1.81 bits per heavy atom. The first-order valence-electron chi connectivity index (χ1n) is 10.3. The van der Waals surface area contributed by atoms with Crippen LogP contribution in [0.2, 0.25) is 0 Å². The van der Waals surface area contributed by atoms with Gasteiger partial charge in [0.1, 0.15) is 11.5 Å². The summed E-state index contributed by atoms with van der Waals surface area (Å²) in [6.45, 7) is 4.72. The average Bonchev–Trinajstić information content (AvgIpc) is 2.80. The van der Waals surface area contributed by atoms with Gasteiger partial charge in [0.2, 0.25) is 15.9 Å². The van der Waals surface area contributed by atoms with Crippen molar-refractivity contribution < 1.29 is 22.7 Å². The van der Waals surface area contributed by atoms with Crippen molar-refractivity contribution in [2.45, 2.75) is 18.4 Å². The van der Waals surface area contributed by atoms with Crippen LogP contribution in [0.3, 0.4) is 0 Å². The molecule has 1 N–H and O–H groups in total. The average molecular weight is 448 g/mol. The number of rotatable bonds is 9. The number of ether oxygens (including phenoxy) is 2. The smallest absolute Gasteiger partial charge is 0.243 e. The molecular formula is C22H29N3O5S. The van der Waals surface area contributed by atoms with Gasteiger partial charge in [0.05, 0.1) is 25.2 Å². The first-order valence-corrected chi connectivity index (χ1v) is 11.7. The van der Waals surface area contributed by atoms with Crippen molar-refractivity contribution in [2.24, 2.45) is 0 Å². The second-order valence-electron chi connectivity index (χ2n) is 7.16. The molecule has 0 spiro atoms. The Morgan fingerprint density at radius 3 is 2.45 bits per heavy atom. The van der Waals surface area contributed by atoms with E-state index >= 15 is 0 Å². The summed E-state index contributed by atoms with van der Waals surface area (Å²) < 4.78 is 38.8. The molecule has 0 aliphatic carbocycles. The number of methoxy groups -OCH3 is 1. The molecule has 0 atom stereocenters. The van der Waals surface area contributed by atoms with Crippen molar-refractivity contribution in [3.05, 3.63) is 54.1 Å². The number of benzene rings is 2. The lowest BCUT2D eigenvalue weighted by molar-refractivity contribution is -0.132. The molecule has 0 aromatic heterocycles. The fourth-order valence-corrected chi connectivity index (χ4v) is 4.77. The highest BCUT2D eigenvalue weighted by molar-refractivity contribution is 7.89. The predicted octanol–water partition coefficient (Wildman–Crippen LogP) is 1.72.